The minimum Gasteiger partial charge on any atom is -0.359 e. The normalized spacial score (nSPS) is 12.4. The molecule has 1 amide bonds. The second-order valence-electron chi connectivity index (χ2n) is 8.49. The predicted octanol–water partition coefficient (Wildman–Crippen LogP) is 3.74. The highest BCUT2D eigenvalue weighted by molar-refractivity contribution is 7.92. The van der Waals surface area contributed by atoms with Crippen molar-refractivity contribution in [3.8, 4) is 11.1 Å². The average Bonchev–Trinajstić information content (AvgIpc) is 2.86. The Bertz CT molecular complexity index is 1690. The van der Waals surface area contributed by atoms with Gasteiger partial charge in [-0.05, 0) is 48.9 Å². The van der Waals surface area contributed by atoms with Gasteiger partial charge in [0.2, 0.25) is 5.91 Å². The Balaban J connectivity index is 1.71. The van der Waals surface area contributed by atoms with E-state index < -0.39 is 21.8 Å². The number of benzene rings is 2. The number of sulfonamides is 1. The number of hydrogen-bond donors (Lipinski definition) is 2. The molecule has 0 aliphatic carbocycles. The van der Waals surface area contributed by atoms with Crippen molar-refractivity contribution in [2.24, 2.45) is 5.92 Å². The largest absolute Gasteiger partial charge is 0.359 e. The third kappa shape index (κ3) is 5.47. The van der Waals surface area contributed by atoms with Gasteiger partial charge < -0.3 is 5.32 Å². The Morgan fingerprint density at radius 2 is 1.89 bits per heavy atom. The van der Waals surface area contributed by atoms with E-state index in [-0.39, 0.29) is 33.6 Å². The van der Waals surface area contributed by atoms with Crippen molar-refractivity contribution < 1.29 is 17.6 Å². The van der Waals surface area contributed by atoms with Crippen LogP contribution >= 0.6 is 11.6 Å². The summed E-state index contributed by atoms with van der Waals surface area (Å²) in [5, 5.41) is 2.65. The molecule has 0 aliphatic heterocycles. The number of aromatic nitrogens is 3. The van der Waals surface area contributed by atoms with Crippen molar-refractivity contribution in [3.63, 3.8) is 0 Å². The Labute approximate surface area is 217 Å². The molecule has 12 heteroatoms. The summed E-state index contributed by atoms with van der Waals surface area (Å²) in [6.45, 7) is 3.51. The molecule has 0 saturated heterocycles. The van der Waals surface area contributed by atoms with Gasteiger partial charge in [-0.2, -0.15) is 0 Å². The minimum absolute atomic E-state index is 0.162. The zero-order valence-electron chi connectivity index (χ0n) is 20.1. The molecule has 0 radical (unpaired) electrons. The third-order valence-electron chi connectivity index (χ3n) is 5.84. The first-order valence-corrected chi connectivity index (χ1v) is 13.0. The number of carbonyl (C=O) groups excluding carboxylic acids is 1. The number of pyridine rings is 1. The lowest BCUT2D eigenvalue weighted by Crippen LogP contribution is -2.32. The van der Waals surface area contributed by atoms with Crippen molar-refractivity contribution in [1.29, 1.82) is 0 Å². The standard InChI is InChI=1S/C25H23ClFN5O4S/c1-14(24(33)28-3)12-32-13-30-21-6-4-16(8-19(21)25(32)34)17-9-22(15(2)29-11-17)31-37(35,36)23-7-5-18(27)10-20(23)26/h4-11,13-14,31H,12H2,1-3H3,(H,28,33)/t14-/m1/s1. The van der Waals surface area contributed by atoms with Gasteiger partial charge in [-0.3, -0.25) is 23.9 Å². The van der Waals surface area contributed by atoms with Gasteiger partial charge in [0, 0.05) is 25.4 Å². The van der Waals surface area contributed by atoms with Crippen LogP contribution in [0, 0.1) is 18.7 Å². The Morgan fingerprint density at radius 1 is 1.14 bits per heavy atom. The molecule has 2 aromatic heterocycles. The molecule has 192 valence electrons. The molecule has 2 aromatic carbocycles. The van der Waals surface area contributed by atoms with E-state index in [0.29, 0.717) is 27.7 Å². The van der Waals surface area contributed by atoms with Crippen LogP contribution in [0.5, 0.6) is 0 Å². The van der Waals surface area contributed by atoms with Crippen LogP contribution in [0.1, 0.15) is 12.6 Å². The number of fused-ring (bicyclic) bond motifs is 1. The van der Waals surface area contributed by atoms with E-state index in [9.17, 15) is 22.4 Å². The van der Waals surface area contributed by atoms with Gasteiger partial charge in [0.05, 0.1) is 39.6 Å². The molecule has 1 atom stereocenters. The van der Waals surface area contributed by atoms with Crippen LogP contribution in [0.25, 0.3) is 22.0 Å². The maximum Gasteiger partial charge on any atom is 0.263 e. The predicted molar refractivity (Wildman–Crippen MR) is 139 cm³/mol. The van der Waals surface area contributed by atoms with Gasteiger partial charge in [0.25, 0.3) is 15.6 Å². The summed E-state index contributed by atoms with van der Waals surface area (Å²) in [4.78, 5) is 33.4. The number of halogens is 2. The molecule has 0 fully saturated rings. The van der Waals surface area contributed by atoms with Gasteiger partial charge in [-0.15, -0.1) is 0 Å². The molecule has 0 aliphatic rings. The molecular weight excluding hydrogens is 521 g/mol. The van der Waals surface area contributed by atoms with Crippen molar-refractivity contribution in [3.05, 3.63) is 81.9 Å². The summed E-state index contributed by atoms with van der Waals surface area (Å²) in [5.74, 6) is -1.28. The van der Waals surface area contributed by atoms with E-state index in [1.807, 2.05) is 0 Å². The number of nitrogens with zero attached hydrogens (tertiary/aromatic N) is 3. The fourth-order valence-corrected chi connectivity index (χ4v) is 5.42. The second-order valence-corrected chi connectivity index (χ2v) is 10.5. The SMILES string of the molecule is CNC(=O)[C@H](C)Cn1cnc2ccc(-c3cnc(C)c(NS(=O)(=O)c4ccc(F)cc4Cl)c3)cc2c1=O. The maximum atomic E-state index is 13.4. The van der Waals surface area contributed by atoms with E-state index in [1.54, 1.807) is 44.3 Å². The molecule has 2 heterocycles. The molecule has 4 rings (SSSR count). The topological polar surface area (TPSA) is 123 Å². The van der Waals surface area contributed by atoms with Crippen LogP contribution in [0.2, 0.25) is 5.02 Å². The summed E-state index contributed by atoms with van der Waals surface area (Å²) < 4.78 is 43.1. The quantitative estimate of drug-likeness (QED) is 0.366. The molecule has 9 nitrogen and oxygen atoms in total. The van der Waals surface area contributed by atoms with E-state index in [2.05, 4.69) is 20.0 Å². The van der Waals surface area contributed by atoms with Crippen molar-refractivity contribution in [1.82, 2.24) is 19.9 Å². The average molecular weight is 544 g/mol. The molecule has 0 spiro atoms. The number of aryl methyl sites for hydroxylation is 1. The summed E-state index contributed by atoms with van der Waals surface area (Å²) in [5.41, 5.74) is 1.92. The lowest BCUT2D eigenvalue weighted by atomic mass is 10.0. The van der Waals surface area contributed by atoms with Gasteiger partial charge in [0.15, 0.2) is 0 Å². The Morgan fingerprint density at radius 3 is 2.59 bits per heavy atom. The van der Waals surface area contributed by atoms with Gasteiger partial charge >= 0.3 is 0 Å². The van der Waals surface area contributed by atoms with Gasteiger partial charge in [-0.25, -0.2) is 17.8 Å². The van der Waals surface area contributed by atoms with Crippen molar-refractivity contribution in [2.75, 3.05) is 11.8 Å². The lowest BCUT2D eigenvalue weighted by Gasteiger charge is -2.14. The van der Waals surface area contributed by atoms with E-state index >= 15 is 0 Å². The first kappa shape index (κ1) is 26.2. The van der Waals surface area contributed by atoms with Crippen molar-refractivity contribution in [2.45, 2.75) is 25.3 Å². The molecule has 0 unspecified atom stereocenters. The number of amides is 1. The van der Waals surface area contributed by atoms with E-state index in [0.717, 1.165) is 18.2 Å². The van der Waals surface area contributed by atoms with Crippen LogP contribution < -0.4 is 15.6 Å². The first-order chi connectivity index (χ1) is 17.5. The second kappa shape index (κ2) is 10.3. The highest BCUT2D eigenvalue weighted by atomic mass is 35.5. The fraction of sp³-hybridized carbons (Fsp3) is 0.200. The monoisotopic (exact) mass is 543 g/mol. The maximum absolute atomic E-state index is 13.4. The number of anilines is 1. The van der Waals surface area contributed by atoms with Crippen LogP contribution in [0.4, 0.5) is 10.1 Å². The molecule has 0 saturated carbocycles. The number of carbonyl (C=O) groups is 1. The van der Waals surface area contributed by atoms with E-state index in [1.165, 1.54) is 17.9 Å². The number of rotatable bonds is 7. The zero-order valence-corrected chi connectivity index (χ0v) is 21.7. The van der Waals surface area contributed by atoms with Crippen LogP contribution in [-0.4, -0.2) is 35.9 Å². The van der Waals surface area contributed by atoms with Gasteiger partial charge in [-0.1, -0.05) is 24.6 Å². The number of hydrogen-bond acceptors (Lipinski definition) is 6. The number of nitrogens with one attached hydrogen (secondary N) is 2. The summed E-state index contributed by atoms with van der Waals surface area (Å²) in [6.07, 6.45) is 2.96. The highest BCUT2D eigenvalue weighted by Crippen LogP contribution is 2.29. The fourth-order valence-electron chi connectivity index (χ4n) is 3.78. The molecule has 37 heavy (non-hydrogen) atoms. The summed E-state index contributed by atoms with van der Waals surface area (Å²) in [7, 11) is -2.60. The Hall–Kier alpha value is -3.83. The Kier molecular flexibility index (Phi) is 7.28. The zero-order chi connectivity index (χ0) is 26.9. The van der Waals surface area contributed by atoms with Crippen LogP contribution in [-0.2, 0) is 21.4 Å². The summed E-state index contributed by atoms with van der Waals surface area (Å²) >= 11 is 5.95. The lowest BCUT2D eigenvalue weighted by molar-refractivity contribution is -0.124. The summed E-state index contributed by atoms with van der Waals surface area (Å²) in [6, 6.07) is 9.66. The molecule has 4 aromatic rings. The third-order valence-corrected chi connectivity index (χ3v) is 7.69. The van der Waals surface area contributed by atoms with E-state index in [4.69, 9.17) is 11.6 Å². The van der Waals surface area contributed by atoms with Gasteiger partial charge in [0.1, 0.15) is 10.7 Å². The highest BCUT2D eigenvalue weighted by Gasteiger charge is 2.20. The molecule has 2 N–H and O–H groups in total. The molecular formula is C25H23ClFN5O4S. The van der Waals surface area contributed by atoms with Crippen LogP contribution in [0.15, 0.2) is 64.7 Å². The van der Waals surface area contributed by atoms with Crippen LogP contribution in [0.3, 0.4) is 0 Å². The first-order valence-electron chi connectivity index (χ1n) is 11.2. The van der Waals surface area contributed by atoms with Crippen molar-refractivity contribution >= 4 is 44.1 Å². The smallest absolute Gasteiger partial charge is 0.263 e. The minimum atomic E-state index is -4.13. The molecule has 0 bridgehead atoms.